The molecule has 0 saturated heterocycles. The van der Waals surface area contributed by atoms with Crippen molar-refractivity contribution in [3.63, 3.8) is 0 Å². The summed E-state index contributed by atoms with van der Waals surface area (Å²) in [6.07, 6.45) is 2.68. The Bertz CT molecular complexity index is 1350. The molecule has 4 rings (SSSR count). The third kappa shape index (κ3) is 3.07. The molecule has 1 aromatic carbocycles. The van der Waals surface area contributed by atoms with Crippen molar-refractivity contribution in [3.05, 3.63) is 77.0 Å². The van der Waals surface area contributed by atoms with E-state index in [0.29, 0.717) is 21.1 Å². The molecular weight excluding hydrogens is 398 g/mol. The smallest absolute Gasteiger partial charge is 0.328 e. The summed E-state index contributed by atoms with van der Waals surface area (Å²) in [6.45, 7) is -0.305. The van der Waals surface area contributed by atoms with E-state index < -0.39 is 15.9 Å². The van der Waals surface area contributed by atoms with Crippen molar-refractivity contribution < 1.29 is 22.0 Å². The van der Waals surface area contributed by atoms with Crippen molar-refractivity contribution in [2.75, 3.05) is 0 Å². The van der Waals surface area contributed by atoms with E-state index >= 15 is 0 Å². The van der Waals surface area contributed by atoms with Gasteiger partial charge in [-0.1, -0.05) is 0 Å². The average Bonchev–Trinajstić information content (AvgIpc) is 3.46. The summed E-state index contributed by atoms with van der Waals surface area (Å²) < 4.78 is 40.5. The van der Waals surface area contributed by atoms with Crippen LogP contribution in [0, 0.1) is 0 Å². The molecule has 0 N–H and O–H groups in total. The van der Waals surface area contributed by atoms with Crippen molar-refractivity contribution in [1.29, 1.82) is 0 Å². The zero-order chi connectivity index (χ0) is 20.8. The van der Waals surface area contributed by atoms with Gasteiger partial charge in [-0.05, 0) is 42.5 Å². The summed E-state index contributed by atoms with van der Waals surface area (Å²) in [5.41, 5.74) is 0.724. The molecular formula is C19H17N3O6S. The van der Waals surface area contributed by atoms with Gasteiger partial charge in [0.1, 0.15) is 5.76 Å². The minimum absolute atomic E-state index is 0.117. The number of benzene rings is 1. The normalized spacial score (nSPS) is 11.8. The van der Waals surface area contributed by atoms with Crippen LogP contribution in [0.1, 0.15) is 16.3 Å². The number of hydrogen-bond acceptors (Lipinski definition) is 6. The first-order chi connectivity index (χ1) is 13.8. The third-order valence-corrected chi connectivity index (χ3v) is 6.39. The predicted octanol–water partition coefficient (Wildman–Crippen LogP) is 2.09. The average molecular weight is 415 g/mol. The summed E-state index contributed by atoms with van der Waals surface area (Å²) in [6, 6.07) is 10.3. The molecule has 3 heterocycles. The van der Waals surface area contributed by atoms with Gasteiger partial charge in [-0.15, -0.1) is 0 Å². The SMILES string of the molecule is Cn1c(=O)n(C)c2cc(S(=O)(=O)N(Cc3ccco3)C(=O)c3ccco3)ccc21. The lowest BCUT2D eigenvalue weighted by atomic mass is 10.3. The van der Waals surface area contributed by atoms with Gasteiger partial charge in [0, 0.05) is 14.1 Å². The van der Waals surface area contributed by atoms with Crippen molar-refractivity contribution in [2.45, 2.75) is 11.4 Å². The molecule has 4 aromatic rings. The Labute approximate surface area is 165 Å². The lowest BCUT2D eigenvalue weighted by Crippen LogP contribution is -2.36. The quantitative estimate of drug-likeness (QED) is 0.494. The maximum absolute atomic E-state index is 13.4. The maximum atomic E-state index is 13.4. The van der Waals surface area contributed by atoms with Crippen LogP contribution in [0.4, 0.5) is 0 Å². The van der Waals surface area contributed by atoms with Crippen molar-refractivity contribution in [3.8, 4) is 0 Å². The van der Waals surface area contributed by atoms with Crippen LogP contribution in [0.5, 0.6) is 0 Å². The Morgan fingerprint density at radius 1 is 1.00 bits per heavy atom. The van der Waals surface area contributed by atoms with Gasteiger partial charge < -0.3 is 8.83 Å². The molecule has 3 aromatic heterocycles. The number of imidazole rings is 1. The maximum Gasteiger partial charge on any atom is 0.328 e. The summed E-state index contributed by atoms with van der Waals surface area (Å²) in [4.78, 5) is 24.9. The number of nitrogens with zero attached hydrogens (tertiary/aromatic N) is 3. The predicted molar refractivity (Wildman–Crippen MR) is 103 cm³/mol. The fourth-order valence-electron chi connectivity index (χ4n) is 3.11. The van der Waals surface area contributed by atoms with Gasteiger partial charge in [-0.2, -0.15) is 0 Å². The van der Waals surface area contributed by atoms with Crippen LogP contribution in [0.15, 0.2) is 73.5 Å². The van der Waals surface area contributed by atoms with Gasteiger partial charge in [-0.3, -0.25) is 13.9 Å². The van der Waals surface area contributed by atoms with E-state index in [1.807, 2.05) is 0 Å². The highest BCUT2D eigenvalue weighted by Crippen LogP contribution is 2.24. The molecule has 9 nitrogen and oxygen atoms in total. The molecule has 0 bridgehead atoms. The first-order valence-corrected chi connectivity index (χ1v) is 10.0. The van der Waals surface area contributed by atoms with Gasteiger partial charge in [0.15, 0.2) is 5.76 Å². The molecule has 0 aliphatic heterocycles. The molecule has 150 valence electrons. The van der Waals surface area contributed by atoms with Crippen LogP contribution < -0.4 is 5.69 Å². The number of fused-ring (bicyclic) bond motifs is 1. The van der Waals surface area contributed by atoms with Gasteiger partial charge in [0.05, 0.1) is 35.0 Å². The molecule has 1 amide bonds. The minimum Gasteiger partial charge on any atom is -0.467 e. The van der Waals surface area contributed by atoms with E-state index in [2.05, 4.69) is 0 Å². The van der Waals surface area contributed by atoms with E-state index in [1.54, 1.807) is 26.2 Å². The van der Waals surface area contributed by atoms with E-state index in [4.69, 9.17) is 8.83 Å². The van der Waals surface area contributed by atoms with E-state index in [0.717, 1.165) is 0 Å². The van der Waals surface area contributed by atoms with Crippen LogP contribution in [0.2, 0.25) is 0 Å². The molecule has 0 fully saturated rings. The van der Waals surface area contributed by atoms with Crippen LogP contribution in [0.25, 0.3) is 11.0 Å². The molecule has 0 radical (unpaired) electrons. The molecule has 0 spiro atoms. The number of rotatable bonds is 5. The van der Waals surface area contributed by atoms with Crippen LogP contribution >= 0.6 is 0 Å². The van der Waals surface area contributed by atoms with Crippen LogP contribution in [-0.2, 0) is 30.7 Å². The fraction of sp³-hybridized carbons (Fsp3) is 0.158. The Balaban J connectivity index is 1.84. The Morgan fingerprint density at radius 2 is 1.69 bits per heavy atom. The van der Waals surface area contributed by atoms with Crippen molar-refractivity contribution in [1.82, 2.24) is 13.4 Å². The Kier molecular flexibility index (Phi) is 4.42. The summed E-state index contributed by atoms with van der Waals surface area (Å²) in [5, 5.41) is 0. The zero-order valence-corrected chi connectivity index (χ0v) is 16.4. The lowest BCUT2D eigenvalue weighted by molar-refractivity contribution is 0.0818. The minimum atomic E-state index is -4.28. The first kappa shape index (κ1) is 18.8. The number of sulfonamides is 1. The van der Waals surface area contributed by atoms with Crippen LogP contribution in [-0.4, -0.2) is 27.8 Å². The molecule has 10 heteroatoms. The number of aromatic nitrogens is 2. The van der Waals surface area contributed by atoms with Gasteiger partial charge in [-0.25, -0.2) is 17.5 Å². The molecule has 0 saturated carbocycles. The largest absolute Gasteiger partial charge is 0.467 e. The summed E-state index contributed by atoms with van der Waals surface area (Å²) >= 11 is 0. The number of carbonyl (C=O) groups excluding carboxylic acids is 1. The lowest BCUT2D eigenvalue weighted by Gasteiger charge is -2.20. The molecule has 0 atom stereocenters. The molecule has 29 heavy (non-hydrogen) atoms. The highest BCUT2D eigenvalue weighted by molar-refractivity contribution is 7.89. The Morgan fingerprint density at radius 3 is 2.34 bits per heavy atom. The second-order valence-corrected chi connectivity index (χ2v) is 8.29. The number of aryl methyl sites for hydroxylation is 2. The van der Waals surface area contributed by atoms with Gasteiger partial charge >= 0.3 is 11.6 Å². The summed E-state index contributed by atoms with van der Waals surface area (Å²) in [7, 11) is -1.12. The van der Waals surface area contributed by atoms with Crippen LogP contribution in [0.3, 0.4) is 0 Å². The van der Waals surface area contributed by atoms with E-state index in [9.17, 15) is 18.0 Å². The number of amides is 1. The number of hydrogen-bond donors (Lipinski definition) is 0. The second kappa shape index (κ2) is 6.82. The Hall–Kier alpha value is -3.53. The topological polar surface area (TPSA) is 108 Å². The van der Waals surface area contributed by atoms with Crippen molar-refractivity contribution >= 4 is 27.0 Å². The highest BCUT2D eigenvalue weighted by atomic mass is 32.2. The first-order valence-electron chi connectivity index (χ1n) is 8.59. The zero-order valence-electron chi connectivity index (χ0n) is 15.6. The second-order valence-electron chi connectivity index (χ2n) is 6.42. The molecule has 0 unspecified atom stereocenters. The fourth-order valence-corrected chi connectivity index (χ4v) is 4.47. The summed E-state index contributed by atoms with van der Waals surface area (Å²) in [5.74, 6) is -0.650. The number of carbonyl (C=O) groups is 1. The number of furan rings is 2. The third-order valence-electron chi connectivity index (χ3n) is 4.67. The van der Waals surface area contributed by atoms with Gasteiger partial charge in [0.25, 0.3) is 10.0 Å². The van der Waals surface area contributed by atoms with Gasteiger partial charge in [0.2, 0.25) is 0 Å². The van der Waals surface area contributed by atoms with Crippen molar-refractivity contribution in [2.24, 2.45) is 14.1 Å². The standard InChI is InChI=1S/C19H17N3O6S/c1-20-15-8-7-14(11-16(15)21(2)19(20)24)29(25,26)22(12-13-5-3-9-27-13)18(23)17-6-4-10-28-17/h3-11H,12H2,1-2H3. The monoisotopic (exact) mass is 415 g/mol. The molecule has 0 aliphatic rings. The van der Waals surface area contributed by atoms with E-state index in [-0.39, 0.29) is 22.9 Å². The molecule has 0 aliphatic carbocycles. The van der Waals surface area contributed by atoms with E-state index in [1.165, 1.54) is 52.0 Å². The highest BCUT2D eigenvalue weighted by Gasteiger charge is 2.33.